The highest BCUT2D eigenvalue weighted by atomic mass is 32.2. The van der Waals surface area contributed by atoms with Gasteiger partial charge in [-0.1, -0.05) is 36.8 Å². The molecule has 0 bridgehead atoms. The Morgan fingerprint density at radius 1 is 1.06 bits per heavy atom. The lowest BCUT2D eigenvalue weighted by molar-refractivity contribution is -0.125. The first kappa shape index (κ1) is 23.4. The topological polar surface area (TPSA) is 92.8 Å². The molecule has 1 atom stereocenters. The van der Waals surface area contributed by atoms with E-state index in [-0.39, 0.29) is 22.4 Å². The molecule has 0 unspecified atom stereocenters. The second-order valence-electron chi connectivity index (χ2n) is 8.73. The average Bonchev–Trinajstić information content (AvgIpc) is 2.83. The molecule has 1 aliphatic carbocycles. The highest BCUT2D eigenvalue weighted by Gasteiger charge is 2.28. The van der Waals surface area contributed by atoms with Crippen LogP contribution in [-0.2, 0) is 26.0 Å². The number of nitrogens with zero attached hydrogens (tertiary/aromatic N) is 1. The van der Waals surface area contributed by atoms with Gasteiger partial charge < -0.3 is 10.1 Å². The average molecular weight is 471 g/mol. The maximum Gasteiger partial charge on any atom is 0.338 e. The number of sulfonamides is 1. The van der Waals surface area contributed by atoms with E-state index < -0.39 is 22.6 Å². The fraction of sp³-hybridized carbons (Fsp3) is 0.440. The van der Waals surface area contributed by atoms with Crippen LogP contribution in [0.3, 0.4) is 0 Å². The molecule has 0 saturated carbocycles. The predicted molar refractivity (Wildman–Crippen MR) is 124 cm³/mol. The summed E-state index contributed by atoms with van der Waals surface area (Å²) < 4.78 is 32.9. The monoisotopic (exact) mass is 470 g/mol. The van der Waals surface area contributed by atoms with E-state index in [9.17, 15) is 18.0 Å². The third kappa shape index (κ3) is 5.28. The van der Waals surface area contributed by atoms with Crippen LogP contribution in [-0.4, -0.2) is 44.3 Å². The summed E-state index contributed by atoms with van der Waals surface area (Å²) in [6.45, 7) is 2.27. The van der Waals surface area contributed by atoms with Crippen molar-refractivity contribution in [3.63, 3.8) is 0 Å². The van der Waals surface area contributed by atoms with Crippen LogP contribution < -0.4 is 5.32 Å². The molecule has 1 aliphatic heterocycles. The largest absolute Gasteiger partial charge is 0.452 e. The maximum atomic E-state index is 13.1. The summed E-state index contributed by atoms with van der Waals surface area (Å²) in [5.41, 5.74) is 3.03. The normalized spacial score (nSPS) is 18.9. The number of esters is 1. The lowest BCUT2D eigenvalue weighted by Gasteiger charge is -2.26. The Morgan fingerprint density at radius 2 is 1.82 bits per heavy atom. The summed E-state index contributed by atoms with van der Waals surface area (Å²) in [6.07, 6.45) is 5.51. The van der Waals surface area contributed by atoms with Crippen molar-refractivity contribution in [3.8, 4) is 0 Å². The molecule has 8 heteroatoms. The number of hydrogen-bond donors (Lipinski definition) is 1. The molecule has 1 N–H and O–H groups in total. The Bertz CT molecular complexity index is 1140. The van der Waals surface area contributed by atoms with Gasteiger partial charge in [-0.25, -0.2) is 13.2 Å². The number of rotatable bonds is 6. The van der Waals surface area contributed by atoms with Crippen molar-refractivity contribution in [2.24, 2.45) is 0 Å². The van der Waals surface area contributed by atoms with Crippen LogP contribution in [0.15, 0.2) is 47.4 Å². The summed E-state index contributed by atoms with van der Waals surface area (Å²) in [6, 6.07) is 12.4. The number of benzene rings is 2. The van der Waals surface area contributed by atoms with E-state index in [1.165, 1.54) is 22.0 Å². The highest BCUT2D eigenvalue weighted by molar-refractivity contribution is 7.89. The second-order valence-corrected chi connectivity index (χ2v) is 10.6. The second kappa shape index (κ2) is 10.1. The van der Waals surface area contributed by atoms with E-state index in [1.807, 2.05) is 18.2 Å². The lowest BCUT2D eigenvalue weighted by atomic mass is 9.88. The first-order valence-corrected chi connectivity index (χ1v) is 13.0. The van der Waals surface area contributed by atoms with Crippen molar-refractivity contribution in [2.45, 2.75) is 56.4 Å². The van der Waals surface area contributed by atoms with Gasteiger partial charge in [0.2, 0.25) is 10.0 Å². The van der Waals surface area contributed by atoms with Gasteiger partial charge in [0.1, 0.15) is 0 Å². The minimum atomic E-state index is -3.68. The predicted octanol–water partition coefficient (Wildman–Crippen LogP) is 3.52. The summed E-state index contributed by atoms with van der Waals surface area (Å²) in [4.78, 5) is 25.2. The van der Waals surface area contributed by atoms with Gasteiger partial charge >= 0.3 is 5.97 Å². The fourth-order valence-corrected chi connectivity index (χ4v) is 6.37. The van der Waals surface area contributed by atoms with E-state index in [1.54, 1.807) is 13.0 Å². The van der Waals surface area contributed by atoms with Crippen molar-refractivity contribution in [1.29, 1.82) is 0 Å². The van der Waals surface area contributed by atoms with Crippen LogP contribution >= 0.6 is 0 Å². The molecule has 0 spiro atoms. The van der Waals surface area contributed by atoms with E-state index in [2.05, 4.69) is 11.4 Å². The van der Waals surface area contributed by atoms with Crippen molar-refractivity contribution >= 4 is 21.9 Å². The first-order chi connectivity index (χ1) is 15.9. The van der Waals surface area contributed by atoms with Crippen LogP contribution in [0, 0.1) is 6.92 Å². The van der Waals surface area contributed by atoms with Gasteiger partial charge in [-0.15, -0.1) is 0 Å². The standard InChI is InChI=1S/C25H30N2O5S/c1-18-12-13-20(16-23(18)33(30,31)27-14-5-2-6-15-27)25(29)32-17-24(28)26-22-11-7-9-19-8-3-4-10-21(19)22/h3-4,8,10,12-13,16,22H,2,5-7,9,11,14-15,17H2,1H3,(H,26,28)/t22-/m1/s1. The third-order valence-corrected chi connectivity index (χ3v) is 8.44. The molecule has 2 aliphatic rings. The number of ether oxygens (including phenoxy) is 1. The first-order valence-electron chi connectivity index (χ1n) is 11.5. The Kier molecular flexibility index (Phi) is 7.14. The fourth-order valence-electron chi connectivity index (χ4n) is 4.60. The number of piperidine rings is 1. The number of nitrogens with one attached hydrogen (secondary N) is 1. The smallest absolute Gasteiger partial charge is 0.338 e. The summed E-state index contributed by atoms with van der Waals surface area (Å²) in [5.74, 6) is -1.09. The zero-order chi connectivity index (χ0) is 23.4. The molecule has 0 aromatic heterocycles. The number of fused-ring (bicyclic) bond motifs is 1. The molecular formula is C25H30N2O5S. The number of hydrogen-bond acceptors (Lipinski definition) is 5. The van der Waals surface area contributed by atoms with E-state index in [0.29, 0.717) is 18.7 Å². The molecule has 1 fully saturated rings. The van der Waals surface area contributed by atoms with Gasteiger partial charge in [0.25, 0.3) is 5.91 Å². The Hall–Kier alpha value is -2.71. The molecule has 1 saturated heterocycles. The van der Waals surface area contributed by atoms with Crippen molar-refractivity contribution in [2.75, 3.05) is 19.7 Å². The van der Waals surface area contributed by atoms with E-state index >= 15 is 0 Å². The number of carbonyl (C=O) groups excluding carboxylic acids is 2. The van der Waals surface area contributed by atoms with Crippen LogP contribution in [0.5, 0.6) is 0 Å². The summed E-state index contributed by atoms with van der Waals surface area (Å²) in [5, 5.41) is 2.95. The summed E-state index contributed by atoms with van der Waals surface area (Å²) >= 11 is 0. The molecule has 7 nitrogen and oxygen atoms in total. The number of aryl methyl sites for hydroxylation is 2. The Labute approximate surface area is 195 Å². The van der Waals surface area contributed by atoms with Gasteiger partial charge in [-0.05, 0) is 67.9 Å². The number of carbonyl (C=O) groups is 2. The molecule has 4 rings (SSSR count). The quantitative estimate of drug-likeness (QED) is 0.652. The Balaban J connectivity index is 1.40. The molecule has 1 amide bonds. The zero-order valence-electron chi connectivity index (χ0n) is 18.9. The van der Waals surface area contributed by atoms with E-state index in [4.69, 9.17) is 4.74 Å². The van der Waals surface area contributed by atoms with Crippen molar-refractivity contribution in [3.05, 3.63) is 64.7 Å². The molecular weight excluding hydrogens is 440 g/mol. The van der Waals surface area contributed by atoms with Gasteiger partial charge in [0, 0.05) is 13.1 Å². The highest BCUT2D eigenvalue weighted by Crippen LogP contribution is 2.29. The summed E-state index contributed by atoms with van der Waals surface area (Å²) in [7, 11) is -3.68. The minimum Gasteiger partial charge on any atom is -0.452 e. The van der Waals surface area contributed by atoms with Gasteiger partial charge in [-0.2, -0.15) is 4.31 Å². The van der Waals surface area contributed by atoms with Gasteiger partial charge in [-0.3, -0.25) is 4.79 Å². The third-order valence-electron chi connectivity index (χ3n) is 6.40. The zero-order valence-corrected chi connectivity index (χ0v) is 19.7. The molecule has 33 heavy (non-hydrogen) atoms. The molecule has 2 aromatic carbocycles. The molecule has 176 valence electrons. The number of amides is 1. The van der Waals surface area contributed by atoms with Crippen LogP contribution in [0.2, 0.25) is 0 Å². The lowest BCUT2D eigenvalue weighted by Crippen LogP contribution is -2.36. The molecule has 2 aromatic rings. The minimum absolute atomic E-state index is 0.0955. The van der Waals surface area contributed by atoms with Crippen molar-refractivity contribution in [1.82, 2.24) is 9.62 Å². The Morgan fingerprint density at radius 3 is 2.61 bits per heavy atom. The van der Waals surface area contributed by atoms with Crippen LogP contribution in [0.4, 0.5) is 0 Å². The SMILES string of the molecule is Cc1ccc(C(=O)OCC(=O)N[C@@H]2CCCc3ccccc32)cc1S(=O)(=O)N1CCCCC1. The van der Waals surface area contributed by atoms with Crippen LogP contribution in [0.1, 0.15) is 65.2 Å². The molecule has 1 heterocycles. The van der Waals surface area contributed by atoms with Crippen molar-refractivity contribution < 1.29 is 22.7 Å². The maximum absolute atomic E-state index is 13.1. The van der Waals surface area contributed by atoms with Crippen LogP contribution in [0.25, 0.3) is 0 Å². The molecule has 0 radical (unpaired) electrons. The van der Waals surface area contributed by atoms with Gasteiger partial charge in [0.15, 0.2) is 6.61 Å². The van der Waals surface area contributed by atoms with E-state index in [0.717, 1.165) is 44.1 Å². The van der Waals surface area contributed by atoms with Gasteiger partial charge in [0.05, 0.1) is 16.5 Å².